The summed E-state index contributed by atoms with van der Waals surface area (Å²) in [6.45, 7) is 2.10. The molecule has 1 heterocycles. The van der Waals surface area contributed by atoms with Crippen molar-refractivity contribution in [2.24, 2.45) is 5.10 Å². The van der Waals surface area contributed by atoms with Gasteiger partial charge in [0.05, 0.1) is 18.5 Å². The van der Waals surface area contributed by atoms with E-state index in [-0.39, 0.29) is 24.7 Å². The van der Waals surface area contributed by atoms with Crippen LogP contribution in [0.2, 0.25) is 0 Å². The lowest BCUT2D eigenvalue weighted by molar-refractivity contribution is -0.123. The van der Waals surface area contributed by atoms with Gasteiger partial charge in [-0.3, -0.25) is 4.79 Å². The first-order valence-corrected chi connectivity index (χ1v) is 11.1. The van der Waals surface area contributed by atoms with Gasteiger partial charge in [-0.25, -0.2) is 10.4 Å². The maximum absolute atomic E-state index is 12.1. The van der Waals surface area contributed by atoms with Crippen LogP contribution in [0.15, 0.2) is 64.2 Å². The molecule has 34 heavy (non-hydrogen) atoms. The summed E-state index contributed by atoms with van der Waals surface area (Å²) in [4.78, 5) is 16.4. The van der Waals surface area contributed by atoms with Crippen molar-refractivity contribution in [2.45, 2.75) is 20.1 Å². The Hall–Kier alpha value is -3.74. The summed E-state index contributed by atoms with van der Waals surface area (Å²) in [7, 11) is 1.53. The van der Waals surface area contributed by atoms with Crippen LogP contribution in [0.3, 0.4) is 0 Å². The Morgan fingerprint density at radius 1 is 1.15 bits per heavy atom. The molecule has 1 N–H and O–H groups in total. The van der Waals surface area contributed by atoms with E-state index in [1.54, 1.807) is 6.92 Å². The first-order valence-electron chi connectivity index (χ1n) is 10.3. The number of methoxy groups -OCH3 is 1. The molecule has 0 radical (unpaired) electrons. The summed E-state index contributed by atoms with van der Waals surface area (Å²) in [6, 6.07) is 19.3. The third-order valence-electron chi connectivity index (χ3n) is 4.64. The highest BCUT2D eigenvalue weighted by Crippen LogP contribution is 2.29. The third-order valence-corrected chi connectivity index (χ3v) is 5.69. The van der Waals surface area contributed by atoms with Crippen LogP contribution in [0.4, 0.5) is 0 Å². The second-order valence-electron chi connectivity index (χ2n) is 7.14. The molecule has 3 rings (SSSR count). The fourth-order valence-corrected chi connectivity index (χ4v) is 3.35. The predicted molar refractivity (Wildman–Crippen MR) is 131 cm³/mol. The highest BCUT2D eigenvalue weighted by atomic mass is 79.9. The molecule has 0 aliphatic heterocycles. The predicted octanol–water partition coefficient (Wildman–Crippen LogP) is 4.28. The van der Waals surface area contributed by atoms with Gasteiger partial charge in [-0.05, 0) is 58.2 Å². The molecule has 3 aromatic rings. The van der Waals surface area contributed by atoms with E-state index in [1.165, 1.54) is 13.3 Å². The molecule has 0 saturated heterocycles. The summed E-state index contributed by atoms with van der Waals surface area (Å²) in [6.07, 6.45) is 1.51. The molecule has 9 heteroatoms. The molecule has 0 bridgehead atoms. The summed E-state index contributed by atoms with van der Waals surface area (Å²) >= 11 is 3.41. The minimum Gasteiger partial charge on any atom is -0.489 e. The van der Waals surface area contributed by atoms with E-state index in [4.69, 9.17) is 14.2 Å². The summed E-state index contributed by atoms with van der Waals surface area (Å²) in [5, 5.41) is 13.4. The fourth-order valence-electron chi connectivity index (χ4n) is 2.95. The van der Waals surface area contributed by atoms with Crippen LogP contribution >= 0.6 is 15.9 Å². The maximum atomic E-state index is 12.1. The van der Waals surface area contributed by atoms with Crippen LogP contribution in [0.25, 0.3) is 0 Å². The van der Waals surface area contributed by atoms with Gasteiger partial charge in [0.2, 0.25) is 5.88 Å². The molecule has 0 fully saturated rings. The first-order chi connectivity index (χ1) is 16.5. The maximum Gasteiger partial charge on any atom is 0.278 e. The van der Waals surface area contributed by atoms with E-state index < -0.39 is 5.91 Å². The molecule has 2 aromatic carbocycles. The number of nitrogens with zero attached hydrogens (tertiary/aromatic N) is 3. The smallest absolute Gasteiger partial charge is 0.278 e. The van der Waals surface area contributed by atoms with Gasteiger partial charge in [0.15, 0.2) is 6.61 Å². The van der Waals surface area contributed by atoms with Gasteiger partial charge in [0, 0.05) is 17.1 Å². The number of hydrazone groups is 1. The zero-order valence-electron chi connectivity index (χ0n) is 18.7. The molecule has 0 spiro atoms. The molecule has 0 atom stereocenters. The monoisotopic (exact) mass is 522 g/mol. The Morgan fingerprint density at radius 3 is 2.56 bits per heavy atom. The number of pyridine rings is 1. The van der Waals surface area contributed by atoms with Gasteiger partial charge < -0.3 is 14.2 Å². The van der Waals surface area contributed by atoms with Crippen LogP contribution in [0.1, 0.15) is 27.9 Å². The van der Waals surface area contributed by atoms with Crippen molar-refractivity contribution >= 4 is 28.1 Å². The summed E-state index contributed by atoms with van der Waals surface area (Å²) in [5.41, 5.74) is 5.72. The molecule has 8 nitrogen and oxygen atoms in total. The summed E-state index contributed by atoms with van der Waals surface area (Å²) in [5.74, 6) is 0.316. The minimum absolute atomic E-state index is 0.0699. The van der Waals surface area contributed by atoms with Gasteiger partial charge in [-0.2, -0.15) is 10.4 Å². The number of hydrogen-bond donors (Lipinski definition) is 1. The zero-order valence-corrected chi connectivity index (χ0v) is 20.3. The highest BCUT2D eigenvalue weighted by Gasteiger charge is 2.18. The van der Waals surface area contributed by atoms with Crippen molar-refractivity contribution in [3.05, 3.63) is 87.0 Å². The quantitative estimate of drug-likeness (QED) is 0.314. The van der Waals surface area contributed by atoms with E-state index in [2.05, 4.69) is 37.5 Å². The van der Waals surface area contributed by atoms with Crippen molar-refractivity contribution in [2.75, 3.05) is 13.7 Å². The number of nitriles is 1. The number of ether oxygens (including phenoxy) is 3. The average molecular weight is 523 g/mol. The van der Waals surface area contributed by atoms with Crippen molar-refractivity contribution in [3.63, 3.8) is 0 Å². The van der Waals surface area contributed by atoms with Gasteiger partial charge in [-0.1, -0.05) is 30.3 Å². The number of halogens is 1. The Balaban J connectivity index is 1.51. The van der Waals surface area contributed by atoms with Gasteiger partial charge in [-0.15, -0.1) is 0 Å². The van der Waals surface area contributed by atoms with Crippen molar-refractivity contribution in [1.29, 1.82) is 5.26 Å². The molecule has 1 amide bonds. The molecular weight excluding hydrogens is 500 g/mol. The number of hydrogen-bond acceptors (Lipinski definition) is 7. The number of aromatic nitrogens is 1. The minimum atomic E-state index is -0.487. The molecule has 0 saturated carbocycles. The van der Waals surface area contributed by atoms with Gasteiger partial charge >= 0.3 is 0 Å². The van der Waals surface area contributed by atoms with Gasteiger partial charge in [0.25, 0.3) is 5.91 Å². The Kier molecular flexibility index (Phi) is 9.14. The second kappa shape index (κ2) is 12.5. The first kappa shape index (κ1) is 24.9. The average Bonchev–Trinajstić information content (AvgIpc) is 2.86. The lowest BCUT2D eigenvalue weighted by atomic mass is 10.1. The second-order valence-corrected chi connectivity index (χ2v) is 7.93. The normalized spacial score (nSPS) is 10.6. The number of aryl methyl sites for hydroxylation is 1. The number of rotatable bonds is 10. The molecule has 0 unspecified atom stereocenters. The molecule has 1 aromatic heterocycles. The molecule has 174 valence electrons. The van der Waals surface area contributed by atoms with E-state index in [0.29, 0.717) is 22.3 Å². The van der Waals surface area contributed by atoms with E-state index >= 15 is 0 Å². The van der Waals surface area contributed by atoms with Crippen molar-refractivity contribution in [1.82, 2.24) is 10.4 Å². The number of carbonyl (C=O) groups excluding carboxylic acids is 1. The zero-order chi connectivity index (χ0) is 24.3. The standard InChI is InChI=1S/C25H23BrN4O4/c1-17-24(26)22(15-32-2)21(12-27)25(29-17)34-16-23(31)30-28-13-18-8-10-20(11-9-18)33-14-19-6-4-3-5-7-19/h3-11,13H,14-16H2,1-2H3,(H,30,31)/b28-13-. The fraction of sp³-hybridized carbons (Fsp3) is 0.200. The lowest BCUT2D eigenvalue weighted by Crippen LogP contribution is -2.25. The van der Waals surface area contributed by atoms with E-state index in [0.717, 1.165) is 16.9 Å². The largest absolute Gasteiger partial charge is 0.489 e. The van der Waals surface area contributed by atoms with Crippen LogP contribution in [-0.4, -0.2) is 30.8 Å². The number of benzene rings is 2. The third kappa shape index (κ3) is 6.88. The van der Waals surface area contributed by atoms with Crippen molar-refractivity contribution < 1.29 is 19.0 Å². The molecule has 0 aliphatic carbocycles. The lowest BCUT2D eigenvalue weighted by Gasteiger charge is -2.13. The highest BCUT2D eigenvalue weighted by molar-refractivity contribution is 9.10. The Labute approximate surface area is 206 Å². The molecular formula is C25H23BrN4O4. The van der Waals surface area contributed by atoms with E-state index in [9.17, 15) is 10.1 Å². The van der Waals surface area contributed by atoms with E-state index in [1.807, 2.05) is 54.6 Å². The van der Waals surface area contributed by atoms with Crippen LogP contribution in [-0.2, 0) is 22.7 Å². The van der Waals surface area contributed by atoms with Crippen LogP contribution in [0.5, 0.6) is 11.6 Å². The van der Waals surface area contributed by atoms with Crippen molar-refractivity contribution in [3.8, 4) is 17.7 Å². The number of carbonyl (C=O) groups is 1. The SMILES string of the molecule is COCc1c(Br)c(C)nc(OCC(=O)N/N=C\c2ccc(OCc3ccccc3)cc2)c1C#N. The summed E-state index contributed by atoms with van der Waals surface area (Å²) < 4.78 is 17.1. The number of amides is 1. The van der Waals surface area contributed by atoms with Crippen LogP contribution in [0, 0.1) is 18.3 Å². The Bertz CT molecular complexity index is 1190. The topological polar surface area (TPSA) is 106 Å². The Morgan fingerprint density at radius 2 is 1.88 bits per heavy atom. The van der Waals surface area contributed by atoms with Gasteiger partial charge in [0.1, 0.15) is 24.0 Å². The molecule has 0 aliphatic rings. The van der Waals surface area contributed by atoms with Crippen LogP contribution < -0.4 is 14.9 Å². The number of nitrogens with one attached hydrogen (secondary N) is 1.